The van der Waals surface area contributed by atoms with Gasteiger partial charge in [-0.25, -0.2) is 18.1 Å². The van der Waals surface area contributed by atoms with E-state index in [1.807, 2.05) is 4.72 Å². The first-order valence-electron chi connectivity index (χ1n) is 11.8. The molecular formula is C25H23N5O8S. The highest BCUT2D eigenvalue weighted by Crippen LogP contribution is 2.29. The Bertz CT molecular complexity index is 1630. The number of aromatic nitrogens is 2. The Morgan fingerprint density at radius 2 is 2.03 bits per heavy atom. The third-order valence-electron chi connectivity index (χ3n) is 5.84. The minimum atomic E-state index is -4.48. The highest BCUT2D eigenvalue weighted by atomic mass is 32.2. The number of fused-ring (bicyclic) bond motifs is 1. The number of nitrogens with zero attached hydrogens (tertiary/aromatic N) is 2. The molecule has 0 unspecified atom stereocenters. The van der Waals surface area contributed by atoms with Gasteiger partial charge in [0, 0.05) is 24.2 Å². The van der Waals surface area contributed by atoms with Gasteiger partial charge in [0.25, 0.3) is 21.6 Å². The lowest BCUT2D eigenvalue weighted by atomic mass is 10.2. The van der Waals surface area contributed by atoms with Crippen molar-refractivity contribution in [1.82, 2.24) is 14.7 Å². The Morgan fingerprint density at radius 3 is 2.82 bits per heavy atom. The maximum atomic E-state index is 13.0. The highest BCUT2D eigenvalue weighted by molar-refractivity contribution is 7.90. The Kier molecular flexibility index (Phi) is 7.40. The number of carbonyl (C=O) groups excluding carboxylic acids is 1. The van der Waals surface area contributed by atoms with E-state index >= 15 is 0 Å². The van der Waals surface area contributed by atoms with Crippen molar-refractivity contribution in [2.75, 3.05) is 31.7 Å². The number of aromatic amines is 1. The zero-order valence-corrected chi connectivity index (χ0v) is 21.1. The molecule has 14 heteroatoms. The second-order valence-corrected chi connectivity index (χ2v) is 10.2. The van der Waals surface area contributed by atoms with Crippen molar-refractivity contribution >= 4 is 38.3 Å². The Balaban J connectivity index is 1.33. The summed E-state index contributed by atoms with van der Waals surface area (Å²) in [5, 5.41) is 15.4. The number of benzene rings is 2. The van der Waals surface area contributed by atoms with Crippen molar-refractivity contribution in [2.24, 2.45) is 0 Å². The quantitative estimate of drug-likeness (QED) is 0.206. The summed E-state index contributed by atoms with van der Waals surface area (Å²) in [6.45, 7) is 1.46. The Hall–Kier alpha value is -4.53. The number of H-pyrrole nitrogens is 1. The number of ether oxygens (including phenoxy) is 3. The zero-order valence-electron chi connectivity index (χ0n) is 20.3. The van der Waals surface area contributed by atoms with Crippen molar-refractivity contribution in [1.29, 1.82) is 0 Å². The maximum Gasteiger partial charge on any atom is 0.293 e. The number of hydrogen-bond donors (Lipinski definition) is 3. The van der Waals surface area contributed by atoms with Gasteiger partial charge in [-0.1, -0.05) is 12.1 Å². The van der Waals surface area contributed by atoms with Gasteiger partial charge in [0.05, 0.1) is 47.5 Å². The number of nitro benzene ring substituents is 1. The fourth-order valence-corrected chi connectivity index (χ4v) is 4.92. The van der Waals surface area contributed by atoms with Gasteiger partial charge in [0.2, 0.25) is 0 Å². The van der Waals surface area contributed by atoms with Crippen LogP contribution in [0.2, 0.25) is 0 Å². The van der Waals surface area contributed by atoms with Crippen LogP contribution < -0.4 is 14.8 Å². The summed E-state index contributed by atoms with van der Waals surface area (Å²) in [4.78, 5) is 30.7. The minimum Gasteiger partial charge on any atom is -0.455 e. The van der Waals surface area contributed by atoms with Gasteiger partial charge in [-0.2, -0.15) is 0 Å². The number of pyridine rings is 1. The molecule has 1 fully saturated rings. The molecule has 1 saturated heterocycles. The van der Waals surface area contributed by atoms with Gasteiger partial charge in [0.1, 0.15) is 22.8 Å². The van der Waals surface area contributed by atoms with E-state index in [4.69, 9.17) is 14.2 Å². The smallest absolute Gasteiger partial charge is 0.293 e. The largest absolute Gasteiger partial charge is 0.455 e. The van der Waals surface area contributed by atoms with E-state index in [0.717, 1.165) is 11.5 Å². The average molecular weight is 554 g/mol. The lowest BCUT2D eigenvalue weighted by molar-refractivity contribution is -0.384. The van der Waals surface area contributed by atoms with Crippen LogP contribution in [0.4, 0.5) is 11.4 Å². The van der Waals surface area contributed by atoms with Crippen molar-refractivity contribution in [3.63, 3.8) is 0 Å². The number of nitro groups is 1. The van der Waals surface area contributed by atoms with Crippen LogP contribution in [0.25, 0.3) is 11.0 Å². The van der Waals surface area contributed by atoms with Crippen LogP contribution in [0.5, 0.6) is 11.5 Å². The fourth-order valence-electron chi connectivity index (χ4n) is 3.94. The molecule has 0 saturated carbocycles. The van der Waals surface area contributed by atoms with E-state index in [2.05, 4.69) is 15.3 Å². The number of rotatable bonds is 9. The summed E-state index contributed by atoms with van der Waals surface area (Å²) in [6.07, 6.45) is 2.89. The van der Waals surface area contributed by atoms with Crippen molar-refractivity contribution in [3.05, 3.63) is 82.7 Å². The average Bonchev–Trinajstić information content (AvgIpc) is 3.40. The van der Waals surface area contributed by atoms with Gasteiger partial charge in [-0.15, -0.1) is 0 Å². The SMILES string of the molecule is O=C(NS(=O)(=O)c1ccc(NC[C@H]2COCCO2)c([N+](=O)[O-])c1)c1ccccc1Oc1cnc2[nH]ccc2c1. The molecule has 0 radical (unpaired) electrons. The first kappa shape index (κ1) is 26.1. The lowest BCUT2D eigenvalue weighted by Crippen LogP contribution is -2.34. The predicted molar refractivity (Wildman–Crippen MR) is 139 cm³/mol. The number of amides is 1. The standard InChI is InChI=1S/C25H23N5O8S/c31-25(20-3-1-2-4-23(20)38-17-11-16-7-8-26-24(16)28-13-17)29-39(34,35)19-5-6-21(22(12-19)30(32)33)27-14-18-15-36-9-10-37-18/h1-8,11-13,18,27H,9-10,14-15H2,(H,26,28)(H,29,31)/t18-/m0/s1. The molecule has 1 atom stereocenters. The van der Waals surface area contributed by atoms with Gasteiger partial charge in [-0.3, -0.25) is 14.9 Å². The third kappa shape index (κ3) is 5.98. The van der Waals surface area contributed by atoms with E-state index in [-0.39, 0.29) is 29.6 Å². The summed E-state index contributed by atoms with van der Waals surface area (Å²) in [5.74, 6) is -0.531. The molecule has 202 valence electrons. The molecule has 2 aromatic carbocycles. The molecule has 4 aromatic rings. The lowest BCUT2D eigenvalue weighted by Gasteiger charge is -2.23. The number of sulfonamides is 1. The van der Waals surface area contributed by atoms with E-state index in [9.17, 15) is 23.3 Å². The van der Waals surface area contributed by atoms with E-state index in [1.54, 1.807) is 30.5 Å². The fraction of sp³-hybridized carbons (Fsp3) is 0.200. The molecule has 13 nitrogen and oxygen atoms in total. The molecule has 3 heterocycles. The van der Waals surface area contributed by atoms with Crippen LogP contribution in [-0.2, 0) is 19.5 Å². The first-order valence-corrected chi connectivity index (χ1v) is 13.3. The maximum absolute atomic E-state index is 13.0. The monoisotopic (exact) mass is 553 g/mol. The molecule has 0 aliphatic carbocycles. The molecule has 1 aliphatic rings. The summed E-state index contributed by atoms with van der Waals surface area (Å²) < 4.78 is 44.7. The second kappa shape index (κ2) is 11.1. The van der Waals surface area contributed by atoms with Crippen molar-refractivity contribution < 1.29 is 32.3 Å². The molecule has 1 aliphatic heterocycles. The van der Waals surface area contributed by atoms with Crippen molar-refractivity contribution in [2.45, 2.75) is 11.0 Å². The van der Waals surface area contributed by atoms with E-state index in [1.165, 1.54) is 30.5 Å². The third-order valence-corrected chi connectivity index (χ3v) is 7.17. The molecule has 5 rings (SSSR count). The van der Waals surface area contributed by atoms with Gasteiger partial charge in [0.15, 0.2) is 0 Å². The van der Waals surface area contributed by atoms with E-state index in [0.29, 0.717) is 31.2 Å². The van der Waals surface area contributed by atoms with E-state index < -0.39 is 31.4 Å². The summed E-state index contributed by atoms with van der Waals surface area (Å²) in [6, 6.07) is 12.9. The van der Waals surface area contributed by atoms with Gasteiger partial charge in [-0.05, 0) is 36.4 Å². The highest BCUT2D eigenvalue weighted by Gasteiger charge is 2.26. The predicted octanol–water partition coefficient (Wildman–Crippen LogP) is 3.21. The Morgan fingerprint density at radius 1 is 1.18 bits per heavy atom. The first-order chi connectivity index (χ1) is 18.8. The topological polar surface area (TPSA) is 175 Å². The molecule has 1 amide bonds. The van der Waals surface area contributed by atoms with Gasteiger partial charge >= 0.3 is 0 Å². The van der Waals surface area contributed by atoms with Crippen LogP contribution in [0.3, 0.4) is 0 Å². The normalized spacial score (nSPS) is 15.5. The molecule has 0 bridgehead atoms. The number of hydrogen-bond acceptors (Lipinski definition) is 10. The van der Waals surface area contributed by atoms with Crippen LogP contribution in [-0.4, -0.2) is 61.7 Å². The Labute approximate surface area is 222 Å². The number of nitrogens with one attached hydrogen (secondary N) is 3. The minimum absolute atomic E-state index is 0.0577. The molecule has 39 heavy (non-hydrogen) atoms. The second-order valence-electron chi connectivity index (χ2n) is 8.50. The van der Waals surface area contributed by atoms with Crippen LogP contribution in [0, 0.1) is 10.1 Å². The number of carbonyl (C=O) groups is 1. The number of para-hydroxylation sites is 1. The molecular weight excluding hydrogens is 530 g/mol. The molecule has 2 aromatic heterocycles. The molecule has 0 spiro atoms. The van der Waals surface area contributed by atoms with Gasteiger partial charge < -0.3 is 24.5 Å². The van der Waals surface area contributed by atoms with Crippen LogP contribution in [0.15, 0.2) is 71.9 Å². The molecule has 3 N–H and O–H groups in total. The van der Waals surface area contributed by atoms with Crippen LogP contribution >= 0.6 is 0 Å². The zero-order chi connectivity index (χ0) is 27.4. The van der Waals surface area contributed by atoms with Crippen LogP contribution in [0.1, 0.15) is 10.4 Å². The summed E-state index contributed by atoms with van der Waals surface area (Å²) in [5.41, 5.74) is 0.230. The van der Waals surface area contributed by atoms with Crippen molar-refractivity contribution in [3.8, 4) is 11.5 Å². The summed E-state index contributed by atoms with van der Waals surface area (Å²) >= 11 is 0. The number of anilines is 1. The summed E-state index contributed by atoms with van der Waals surface area (Å²) in [7, 11) is -4.48.